The Balaban J connectivity index is 1.51. The van der Waals surface area contributed by atoms with Crippen molar-refractivity contribution in [2.24, 2.45) is 0 Å². The average molecular weight is 401 g/mol. The van der Waals surface area contributed by atoms with Crippen molar-refractivity contribution < 1.29 is 9.53 Å². The normalized spacial score (nSPS) is 20.1. The Morgan fingerprint density at radius 2 is 1.72 bits per heavy atom. The third-order valence-electron chi connectivity index (χ3n) is 4.05. The second-order valence-corrected chi connectivity index (χ2v) is 7.15. The number of rotatable bonds is 4. The van der Waals surface area contributed by atoms with Crippen molar-refractivity contribution in [3.05, 3.63) is 51.2 Å². The molecule has 3 rings (SSSR count). The summed E-state index contributed by atoms with van der Waals surface area (Å²) >= 11 is 17.8. The quantitative estimate of drug-likeness (QED) is 0.817. The first-order valence-corrected chi connectivity index (χ1v) is 9.05. The smallest absolute Gasteiger partial charge is 0.316 e. The van der Waals surface area contributed by atoms with E-state index in [1.54, 1.807) is 18.2 Å². The van der Waals surface area contributed by atoms with Crippen molar-refractivity contribution in [2.45, 2.75) is 37.8 Å². The van der Waals surface area contributed by atoms with E-state index < -0.39 is 0 Å². The van der Waals surface area contributed by atoms with E-state index in [2.05, 4.69) is 15.3 Å². The molecule has 1 aromatic carbocycles. The summed E-state index contributed by atoms with van der Waals surface area (Å²) < 4.78 is 5.75. The Morgan fingerprint density at radius 3 is 2.40 bits per heavy atom. The van der Waals surface area contributed by atoms with Crippen molar-refractivity contribution in [2.75, 3.05) is 0 Å². The molecule has 0 bridgehead atoms. The fraction of sp³-hybridized carbons (Fsp3) is 0.353. The number of benzene rings is 1. The lowest BCUT2D eigenvalue weighted by molar-refractivity contribution is 0.0885. The lowest BCUT2D eigenvalue weighted by atomic mass is 9.92. The van der Waals surface area contributed by atoms with Crippen LogP contribution < -0.4 is 10.1 Å². The van der Waals surface area contributed by atoms with Gasteiger partial charge in [-0.25, -0.2) is 9.97 Å². The van der Waals surface area contributed by atoms with Gasteiger partial charge < -0.3 is 10.1 Å². The van der Waals surface area contributed by atoms with Crippen molar-refractivity contribution in [3.8, 4) is 6.01 Å². The first kappa shape index (κ1) is 18.2. The van der Waals surface area contributed by atoms with Crippen LogP contribution in [0.3, 0.4) is 0 Å². The Bertz CT molecular complexity index is 747. The number of ether oxygens (including phenoxy) is 1. The van der Waals surface area contributed by atoms with E-state index >= 15 is 0 Å². The van der Waals surface area contributed by atoms with Gasteiger partial charge in [-0.3, -0.25) is 4.79 Å². The van der Waals surface area contributed by atoms with E-state index in [4.69, 9.17) is 39.5 Å². The number of hydrogen-bond acceptors (Lipinski definition) is 4. The third-order valence-corrected chi connectivity index (χ3v) is 4.81. The third kappa shape index (κ3) is 4.97. The fourth-order valence-corrected chi connectivity index (χ4v) is 3.24. The predicted octanol–water partition coefficient (Wildman–Crippen LogP) is 4.56. The Labute approximate surface area is 160 Å². The summed E-state index contributed by atoms with van der Waals surface area (Å²) in [6.45, 7) is 0. The van der Waals surface area contributed by atoms with Crippen LogP contribution in [0.5, 0.6) is 6.01 Å². The largest absolute Gasteiger partial charge is 0.460 e. The minimum atomic E-state index is -0.210. The predicted molar refractivity (Wildman–Crippen MR) is 97.6 cm³/mol. The molecule has 25 heavy (non-hydrogen) atoms. The number of nitrogens with one attached hydrogen (secondary N) is 1. The highest BCUT2D eigenvalue weighted by molar-refractivity contribution is 6.35. The first-order chi connectivity index (χ1) is 12.0. The fourth-order valence-electron chi connectivity index (χ4n) is 2.77. The maximum atomic E-state index is 12.4. The molecule has 1 N–H and O–H groups in total. The average Bonchev–Trinajstić information content (AvgIpc) is 2.60. The van der Waals surface area contributed by atoms with Gasteiger partial charge in [0.15, 0.2) is 0 Å². The highest BCUT2D eigenvalue weighted by Crippen LogP contribution is 2.24. The number of carbonyl (C=O) groups is 1. The number of aromatic nitrogens is 2. The Kier molecular flexibility index (Phi) is 5.99. The van der Waals surface area contributed by atoms with Crippen molar-refractivity contribution in [1.82, 2.24) is 15.3 Å². The monoisotopic (exact) mass is 399 g/mol. The molecular weight excluding hydrogens is 385 g/mol. The summed E-state index contributed by atoms with van der Waals surface area (Å²) in [6, 6.07) is 5.25. The molecule has 0 radical (unpaired) electrons. The van der Waals surface area contributed by atoms with Gasteiger partial charge in [-0.15, -0.1) is 0 Å². The van der Waals surface area contributed by atoms with Crippen LogP contribution in [0.2, 0.25) is 15.1 Å². The molecule has 1 aromatic heterocycles. The minimum absolute atomic E-state index is 0.0316. The molecule has 0 aliphatic heterocycles. The molecule has 5 nitrogen and oxygen atoms in total. The van der Waals surface area contributed by atoms with Gasteiger partial charge in [0.25, 0.3) is 5.91 Å². The van der Waals surface area contributed by atoms with E-state index in [-0.39, 0.29) is 18.1 Å². The number of hydrogen-bond donors (Lipinski definition) is 1. The molecule has 1 saturated carbocycles. The molecule has 1 aliphatic rings. The second kappa shape index (κ2) is 8.21. The summed E-state index contributed by atoms with van der Waals surface area (Å²) in [6.07, 6.45) is 6.27. The van der Waals surface area contributed by atoms with Gasteiger partial charge in [0.05, 0.1) is 28.0 Å². The van der Waals surface area contributed by atoms with Gasteiger partial charge in [0.2, 0.25) is 0 Å². The van der Waals surface area contributed by atoms with Crippen molar-refractivity contribution >= 4 is 40.7 Å². The molecule has 0 atom stereocenters. The summed E-state index contributed by atoms with van der Waals surface area (Å²) in [5.74, 6) is -0.210. The van der Waals surface area contributed by atoms with E-state index in [1.807, 2.05) is 0 Å². The summed E-state index contributed by atoms with van der Waals surface area (Å²) in [5.41, 5.74) is 0.391. The second-order valence-electron chi connectivity index (χ2n) is 5.87. The molecule has 2 aromatic rings. The molecule has 1 fully saturated rings. The molecule has 1 heterocycles. The maximum Gasteiger partial charge on any atom is 0.316 e. The molecule has 8 heteroatoms. The molecule has 0 unspecified atom stereocenters. The highest BCUT2D eigenvalue weighted by Gasteiger charge is 2.25. The van der Waals surface area contributed by atoms with Crippen LogP contribution in [0.4, 0.5) is 0 Å². The zero-order valence-electron chi connectivity index (χ0n) is 13.2. The number of nitrogens with zero attached hydrogens (tertiary/aromatic N) is 2. The van der Waals surface area contributed by atoms with Crippen LogP contribution in [-0.2, 0) is 0 Å². The summed E-state index contributed by atoms with van der Waals surface area (Å²) in [7, 11) is 0. The highest BCUT2D eigenvalue weighted by atomic mass is 35.5. The van der Waals surface area contributed by atoms with Crippen molar-refractivity contribution in [1.29, 1.82) is 0 Å². The van der Waals surface area contributed by atoms with Gasteiger partial charge in [-0.05, 0) is 43.9 Å². The van der Waals surface area contributed by atoms with E-state index in [0.717, 1.165) is 25.7 Å². The number of halogens is 3. The van der Waals surface area contributed by atoms with Crippen LogP contribution in [0.1, 0.15) is 36.0 Å². The van der Waals surface area contributed by atoms with Crippen LogP contribution in [0.15, 0.2) is 30.6 Å². The standard InChI is InChI=1S/C17H16Cl3N3O2/c18-10-1-6-15(20)14(7-10)16(24)23-12-2-4-13(5-3-12)25-17-21-8-11(19)9-22-17/h1,6-9,12-13H,2-5H2,(H,23,24). The molecule has 1 aliphatic carbocycles. The van der Waals surface area contributed by atoms with Crippen molar-refractivity contribution in [3.63, 3.8) is 0 Å². The molecule has 132 valence electrons. The number of carbonyl (C=O) groups excluding carboxylic acids is 1. The number of amides is 1. The van der Waals surface area contributed by atoms with Crippen LogP contribution >= 0.6 is 34.8 Å². The van der Waals surface area contributed by atoms with Crippen LogP contribution in [0.25, 0.3) is 0 Å². The maximum absolute atomic E-state index is 12.4. The zero-order valence-corrected chi connectivity index (χ0v) is 15.5. The van der Waals surface area contributed by atoms with E-state index in [9.17, 15) is 4.79 Å². The molecule has 1 amide bonds. The minimum Gasteiger partial charge on any atom is -0.460 e. The topological polar surface area (TPSA) is 64.1 Å². The van der Waals surface area contributed by atoms with E-state index in [0.29, 0.717) is 26.6 Å². The van der Waals surface area contributed by atoms with Gasteiger partial charge in [0.1, 0.15) is 6.10 Å². The Hall–Kier alpha value is -1.56. The van der Waals surface area contributed by atoms with Gasteiger partial charge in [0, 0.05) is 11.1 Å². The summed E-state index contributed by atoms with van der Waals surface area (Å²) in [4.78, 5) is 20.4. The van der Waals surface area contributed by atoms with Crippen LogP contribution in [0, 0.1) is 0 Å². The lowest BCUT2D eigenvalue weighted by Crippen LogP contribution is -2.39. The van der Waals surface area contributed by atoms with Crippen LogP contribution in [-0.4, -0.2) is 28.0 Å². The van der Waals surface area contributed by atoms with Gasteiger partial charge >= 0.3 is 6.01 Å². The lowest BCUT2D eigenvalue weighted by Gasteiger charge is -2.29. The molecule has 0 spiro atoms. The first-order valence-electron chi connectivity index (χ1n) is 7.91. The van der Waals surface area contributed by atoms with Gasteiger partial charge in [-0.2, -0.15) is 0 Å². The molecular formula is C17H16Cl3N3O2. The Morgan fingerprint density at radius 1 is 1.04 bits per heavy atom. The molecule has 0 saturated heterocycles. The van der Waals surface area contributed by atoms with E-state index in [1.165, 1.54) is 12.4 Å². The zero-order chi connectivity index (χ0) is 17.8. The van der Waals surface area contributed by atoms with Gasteiger partial charge in [-0.1, -0.05) is 34.8 Å². The summed E-state index contributed by atoms with van der Waals surface area (Å²) in [5, 5.41) is 4.35. The SMILES string of the molecule is O=C(NC1CCC(Oc2ncc(Cl)cn2)CC1)c1cc(Cl)ccc1Cl.